The van der Waals surface area contributed by atoms with Crippen LogP contribution in [0.15, 0.2) is 12.2 Å². The van der Waals surface area contributed by atoms with Crippen LogP contribution in [0, 0.1) is 0 Å². The van der Waals surface area contributed by atoms with Gasteiger partial charge >= 0.3 is 51.4 Å². The summed E-state index contributed by atoms with van der Waals surface area (Å²) in [6, 6.07) is 0. The van der Waals surface area contributed by atoms with Gasteiger partial charge in [0.15, 0.2) is 0 Å². The fourth-order valence-electron chi connectivity index (χ4n) is 2.09. The molecular formula is C14H26KNO4. The maximum absolute atomic E-state index is 9.41. The predicted molar refractivity (Wildman–Crippen MR) is 70.8 cm³/mol. The van der Waals surface area contributed by atoms with Crippen LogP contribution >= 0.6 is 0 Å². The minimum Gasteiger partial charge on any atom is -0.545 e. The Morgan fingerprint density at radius 2 is 1.10 bits per heavy atom. The van der Waals surface area contributed by atoms with Crippen molar-refractivity contribution in [2.45, 2.75) is 40.0 Å². The van der Waals surface area contributed by atoms with E-state index in [2.05, 4.69) is 27.8 Å². The van der Waals surface area contributed by atoms with Gasteiger partial charge in [0.2, 0.25) is 0 Å². The summed E-state index contributed by atoms with van der Waals surface area (Å²) in [5, 5.41) is 18.8. The largest absolute Gasteiger partial charge is 1.00 e. The van der Waals surface area contributed by atoms with Crippen LogP contribution in [0.4, 0.5) is 0 Å². The maximum atomic E-state index is 9.41. The van der Waals surface area contributed by atoms with Gasteiger partial charge in [-0.1, -0.05) is 20.8 Å². The van der Waals surface area contributed by atoms with Gasteiger partial charge in [0, 0.05) is 0 Å². The molecule has 0 aromatic heterocycles. The Bertz CT molecular complexity index is 260. The molecular weight excluding hydrogens is 285 g/mol. The average Bonchev–Trinajstić information content (AvgIpc) is 2.28. The van der Waals surface area contributed by atoms with E-state index in [-0.39, 0.29) is 51.4 Å². The van der Waals surface area contributed by atoms with Crippen molar-refractivity contribution in [3.8, 4) is 0 Å². The van der Waals surface area contributed by atoms with E-state index >= 15 is 0 Å². The van der Waals surface area contributed by atoms with Crippen LogP contribution < -0.4 is 61.6 Å². The van der Waals surface area contributed by atoms with Gasteiger partial charge in [-0.2, -0.15) is 0 Å². The van der Waals surface area contributed by atoms with Crippen molar-refractivity contribution in [1.29, 1.82) is 0 Å². The molecule has 0 saturated heterocycles. The number of carbonyl (C=O) groups excluding carboxylic acids is 2. The molecule has 6 heteroatoms. The molecule has 5 nitrogen and oxygen atoms in total. The second kappa shape index (κ2) is 15.7. The molecule has 0 heterocycles. The number of hydrogen-bond donors (Lipinski definition) is 0. The Labute approximate surface area is 165 Å². The molecule has 0 amide bonds. The number of rotatable bonds is 8. The molecule has 0 spiro atoms. The first kappa shape index (κ1) is 25.2. The number of nitrogens with zero attached hydrogens (tertiary/aromatic N) is 1. The smallest absolute Gasteiger partial charge is 0.545 e. The van der Waals surface area contributed by atoms with E-state index in [9.17, 15) is 19.8 Å². The average molecular weight is 311 g/mol. The van der Waals surface area contributed by atoms with Gasteiger partial charge in [-0.3, -0.25) is 0 Å². The number of carboxylic acids is 2. The van der Waals surface area contributed by atoms with E-state index in [0.29, 0.717) is 12.2 Å². The normalized spacial score (nSPS) is 10.4. The van der Waals surface area contributed by atoms with Crippen LogP contribution in [0.25, 0.3) is 0 Å². The number of hydrogen-bond acceptors (Lipinski definition) is 4. The standard InChI is InChI=1S/C10H24N.C4H4O4.K/c1-5-8-11(4,9-6-2)10-7-3;5-3(6)1-2-4(7)8;/h5-10H2,1-4H3;1-2H,(H,5,6)(H,7,8);/q+1;;+1/p-2/b;2-1-;. The Kier molecular flexibility index (Phi) is 19.8. The third-order valence-corrected chi connectivity index (χ3v) is 2.65. The van der Waals surface area contributed by atoms with Crippen molar-refractivity contribution in [3.05, 3.63) is 12.2 Å². The third kappa shape index (κ3) is 18.3. The molecule has 0 rings (SSSR count). The maximum Gasteiger partial charge on any atom is 1.00 e. The zero-order chi connectivity index (χ0) is 15.3. The summed E-state index contributed by atoms with van der Waals surface area (Å²) in [6.07, 6.45) is 4.72. The van der Waals surface area contributed by atoms with Crippen molar-refractivity contribution in [2.75, 3.05) is 26.7 Å². The third-order valence-electron chi connectivity index (χ3n) is 2.65. The molecule has 0 aromatic carbocycles. The monoisotopic (exact) mass is 311 g/mol. The van der Waals surface area contributed by atoms with Crippen molar-refractivity contribution in [2.24, 2.45) is 0 Å². The first-order chi connectivity index (χ1) is 8.81. The molecule has 0 bridgehead atoms. The second-order valence-corrected chi connectivity index (χ2v) is 4.76. The Balaban J connectivity index is -0.000000288. The summed E-state index contributed by atoms with van der Waals surface area (Å²) in [4.78, 5) is 18.8. The van der Waals surface area contributed by atoms with E-state index in [1.807, 2.05) is 0 Å². The molecule has 20 heavy (non-hydrogen) atoms. The molecule has 0 radical (unpaired) electrons. The fourth-order valence-corrected chi connectivity index (χ4v) is 2.09. The summed E-state index contributed by atoms with van der Waals surface area (Å²) in [6.45, 7) is 10.9. The summed E-state index contributed by atoms with van der Waals surface area (Å²) in [5.74, 6) is -3.09. The van der Waals surface area contributed by atoms with Gasteiger partial charge in [0.25, 0.3) is 0 Å². The van der Waals surface area contributed by atoms with Gasteiger partial charge in [-0.05, 0) is 31.4 Å². The Morgan fingerprint density at radius 3 is 1.25 bits per heavy atom. The predicted octanol–water partition coefficient (Wildman–Crippen LogP) is -3.29. The number of quaternary nitrogens is 1. The van der Waals surface area contributed by atoms with Crippen LogP contribution in [-0.4, -0.2) is 43.1 Å². The van der Waals surface area contributed by atoms with Crippen LogP contribution in [0.2, 0.25) is 0 Å². The molecule has 0 aromatic rings. The number of carbonyl (C=O) groups is 2. The minimum absolute atomic E-state index is 0. The number of aliphatic carboxylic acids is 2. The molecule has 0 atom stereocenters. The van der Waals surface area contributed by atoms with Gasteiger partial charge in [-0.25, -0.2) is 0 Å². The quantitative estimate of drug-likeness (QED) is 0.267. The molecule has 0 unspecified atom stereocenters. The topological polar surface area (TPSA) is 80.3 Å². The van der Waals surface area contributed by atoms with E-state index in [1.165, 1.54) is 43.4 Å². The van der Waals surface area contributed by atoms with Gasteiger partial charge < -0.3 is 24.3 Å². The zero-order valence-corrected chi connectivity index (χ0v) is 16.6. The molecule has 0 N–H and O–H groups in total. The summed E-state index contributed by atoms with van der Waals surface area (Å²) >= 11 is 0. The van der Waals surface area contributed by atoms with Gasteiger partial charge in [0.1, 0.15) is 0 Å². The Hall–Kier alpha value is 0.276. The number of carboxylic acid groups (broad SMARTS) is 2. The van der Waals surface area contributed by atoms with Crippen molar-refractivity contribution in [1.82, 2.24) is 0 Å². The minimum atomic E-state index is -1.55. The first-order valence-corrected chi connectivity index (χ1v) is 6.74. The van der Waals surface area contributed by atoms with E-state index in [0.717, 1.165) is 0 Å². The Morgan fingerprint density at radius 1 is 0.850 bits per heavy atom. The molecule has 0 aliphatic rings. The van der Waals surface area contributed by atoms with Crippen molar-refractivity contribution < 1.29 is 75.7 Å². The second-order valence-electron chi connectivity index (χ2n) is 4.76. The summed E-state index contributed by atoms with van der Waals surface area (Å²) < 4.78 is 1.28. The van der Waals surface area contributed by atoms with Gasteiger partial charge in [-0.15, -0.1) is 0 Å². The van der Waals surface area contributed by atoms with Gasteiger partial charge in [0.05, 0.1) is 38.6 Å². The molecule has 112 valence electrons. The van der Waals surface area contributed by atoms with E-state index in [4.69, 9.17) is 0 Å². The SMILES string of the molecule is CCC[N+](C)(CCC)CCC.O=C([O-])/C=C\C(=O)[O-].[K+]. The van der Waals surface area contributed by atoms with Crippen LogP contribution in [-0.2, 0) is 9.59 Å². The molecule has 0 aliphatic heterocycles. The zero-order valence-electron chi connectivity index (χ0n) is 13.5. The van der Waals surface area contributed by atoms with E-state index < -0.39 is 11.9 Å². The fraction of sp³-hybridized carbons (Fsp3) is 0.714. The molecule has 0 aliphatic carbocycles. The first-order valence-electron chi connectivity index (χ1n) is 6.74. The molecule has 0 saturated carbocycles. The van der Waals surface area contributed by atoms with E-state index in [1.54, 1.807) is 0 Å². The summed E-state index contributed by atoms with van der Waals surface area (Å²) in [7, 11) is 2.39. The van der Waals surface area contributed by atoms with Crippen LogP contribution in [0.3, 0.4) is 0 Å². The van der Waals surface area contributed by atoms with Crippen LogP contribution in [0.1, 0.15) is 40.0 Å². The van der Waals surface area contributed by atoms with Crippen LogP contribution in [0.5, 0.6) is 0 Å². The van der Waals surface area contributed by atoms with Crippen molar-refractivity contribution in [3.63, 3.8) is 0 Å². The summed E-state index contributed by atoms with van der Waals surface area (Å²) in [5.41, 5.74) is 0. The molecule has 0 fully saturated rings. The van der Waals surface area contributed by atoms with Crippen molar-refractivity contribution >= 4 is 11.9 Å².